The number of hydrogen-bond donors (Lipinski definition) is 0. The number of carbonyl (C=O) groups is 1. The zero-order chi connectivity index (χ0) is 22.5. The second kappa shape index (κ2) is 9.76. The third-order valence-corrected chi connectivity index (χ3v) is 5.95. The number of nitrogens with zero attached hydrogens (tertiary/aromatic N) is 2. The van der Waals surface area contributed by atoms with Crippen molar-refractivity contribution in [2.24, 2.45) is 0 Å². The summed E-state index contributed by atoms with van der Waals surface area (Å²) in [5.41, 5.74) is 4.44. The van der Waals surface area contributed by atoms with Crippen LogP contribution in [0, 0.1) is 12.3 Å². The molecule has 1 aliphatic heterocycles. The van der Waals surface area contributed by atoms with Gasteiger partial charge in [-0.2, -0.15) is 0 Å². The molecule has 5 nitrogen and oxygen atoms in total. The van der Waals surface area contributed by atoms with Gasteiger partial charge >= 0.3 is 0 Å². The Morgan fingerprint density at radius 1 is 1.12 bits per heavy atom. The quantitative estimate of drug-likeness (QED) is 0.497. The average molecular weight is 429 g/mol. The van der Waals surface area contributed by atoms with Crippen LogP contribution in [0.1, 0.15) is 35.2 Å². The largest absolute Gasteiger partial charge is 0.493 e. The van der Waals surface area contributed by atoms with Gasteiger partial charge in [0.15, 0.2) is 11.5 Å². The standard InChI is InChI=1S/C27H28N2O3/c1-4-5-11-27(30)29-19-23(22-16-25(31-2)26(32-3)17-24(22)29)21-12-14-28(15-13-21)18-20-9-7-6-8-10-20/h1,6-10,12,16-17,19H,5,11,13-15,18H2,2-3H3. The number of methoxy groups -OCH3 is 2. The number of hydrogen-bond acceptors (Lipinski definition) is 4. The number of terminal acetylenes is 1. The molecule has 0 saturated carbocycles. The maximum absolute atomic E-state index is 12.9. The third-order valence-electron chi connectivity index (χ3n) is 5.95. The van der Waals surface area contributed by atoms with Gasteiger partial charge in [0.1, 0.15) is 0 Å². The Bertz CT molecular complexity index is 1190. The zero-order valence-electron chi connectivity index (χ0n) is 18.6. The van der Waals surface area contributed by atoms with Crippen LogP contribution in [0.3, 0.4) is 0 Å². The maximum Gasteiger partial charge on any atom is 0.232 e. The Labute approximate surface area is 189 Å². The molecule has 164 valence electrons. The summed E-state index contributed by atoms with van der Waals surface area (Å²) in [4.78, 5) is 15.3. The van der Waals surface area contributed by atoms with Crippen molar-refractivity contribution in [2.45, 2.75) is 25.8 Å². The highest BCUT2D eigenvalue weighted by atomic mass is 16.5. The molecule has 0 radical (unpaired) electrons. The first kappa shape index (κ1) is 21.7. The molecule has 0 spiro atoms. The van der Waals surface area contributed by atoms with Crippen molar-refractivity contribution in [2.75, 3.05) is 27.3 Å². The molecule has 1 aliphatic rings. The lowest BCUT2D eigenvalue weighted by Gasteiger charge is -2.26. The first-order valence-corrected chi connectivity index (χ1v) is 10.8. The zero-order valence-corrected chi connectivity index (χ0v) is 18.6. The minimum atomic E-state index is -0.0199. The first-order chi connectivity index (χ1) is 15.6. The van der Waals surface area contributed by atoms with Crippen LogP contribution in [-0.4, -0.2) is 42.7 Å². The minimum absolute atomic E-state index is 0.0199. The fourth-order valence-corrected chi connectivity index (χ4v) is 4.25. The third kappa shape index (κ3) is 4.42. The summed E-state index contributed by atoms with van der Waals surface area (Å²) in [5.74, 6) is 3.79. The Morgan fingerprint density at radius 3 is 2.53 bits per heavy atom. The minimum Gasteiger partial charge on any atom is -0.493 e. The molecular weight excluding hydrogens is 400 g/mol. The van der Waals surface area contributed by atoms with E-state index in [2.05, 4.69) is 41.2 Å². The number of carbonyl (C=O) groups excluding carboxylic acids is 1. The summed E-state index contributed by atoms with van der Waals surface area (Å²) < 4.78 is 12.7. The first-order valence-electron chi connectivity index (χ1n) is 10.8. The van der Waals surface area contributed by atoms with E-state index in [0.29, 0.717) is 24.3 Å². The lowest BCUT2D eigenvalue weighted by molar-refractivity contribution is 0.0910. The van der Waals surface area contributed by atoms with Gasteiger partial charge in [0.25, 0.3) is 0 Å². The molecule has 0 aliphatic carbocycles. The van der Waals surface area contributed by atoms with Gasteiger partial charge in [-0.3, -0.25) is 14.3 Å². The van der Waals surface area contributed by atoms with Crippen LogP contribution in [0.2, 0.25) is 0 Å². The second-order valence-corrected chi connectivity index (χ2v) is 7.94. The topological polar surface area (TPSA) is 43.7 Å². The Kier molecular flexibility index (Phi) is 6.63. The van der Waals surface area contributed by atoms with Crippen molar-refractivity contribution in [3.63, 3.8) is 0 Å². The van der Waals surface area contributed by atoms with Crippen LogP contribution < -0.4 is 9.47 Å². The van der Waals surface area contributed by atoms with E-state index in [4.69, 9.17) is 15.9 Å². The van der Waals surface area contributed by atoms with Crippen molar-refractivity contribution < 1.29 is 14.3 Å². The molecule has 2 heterocycles. The van der Waals surface area contributed by atoms with E-state index in [0.717, 1.165) is 42.5 Å². The Balaban J connectivity index is 1.68. The molecular formula is C27H28N2O3. The van der Waals surface area contributed by atoms with Gasteiger partial charge in [0.2, 0.25) is 5.91 Å². The summed E-state index contributed by atoms with van der Waals surface area (Å²) in [6.45, 7) is 2.77. The molecule has 0 amide bonds. The smallest absolute Gasteiger partial charge is 0.232 e. The predicted octanol–water partition coefficient (Wildman–Crippen LogP) is 5.00. The van der Waals surface area contributed by atoms with Crippen molar-refractivity contribution >= 4 is 22.4 Å². The highest BCUT2D eigenvalue weighted by Crippen LogP contribution is 2.38. The number of rotatable bonds is 7. The number of aromatic nitrogens is 1. The predicted molar refractivity (Wildman–Crippen MR) is 128 cm³/mol. The highest BCUT2D eigenvalue weighted by Gasteiger charge is 2.21. The van der Waals surface area contributed by atoms with Gasteiger partial charge in [-0.1, -0.05) is 36.4 Å². The fourth-order valence-electron chi connectivity index (χ4n) is 4.25. The average Bonchev–Trinajstić information content (AvgIpc) is 3.21. The van der Waals surface area contributed by atoms with Gasteiger partial charge in [0.05, 0.1) is 19.7 Å². The molecule has 2 aromatic carbocycles. The van der Waals surface area contributed by atoms with E-state index in [-0.39, 0.29) is 5.91 Å². The van der Waals surface area contributed by atoms with Crippen LogP contribution in [0.4, 0.5) is 0 Å². The molecule has 3 aromatic rings. The summed E-state index contributed by atoms with van der Waals surface area (Å²) in [6.07, 6.45) is 11.2. The van der Waals surface area contributed by atoms with Crippen molar-refractivity contribution in [3.8, 4) is 23.8 Å². The molecule has 0 saturated heterocycles. The van der Waals surface area contributed by atoms with Crippen LogP contribution in [0.25, 0.3) is 16.5 Å². The fraction of sp³-hybridized carbons (Fsp3) is 0.296. The van der Waals surface area contributed by atoms with Gasteiger partial charge in [-0.05, 0) is 23.6 Å². The molecule has 1 aromatic heterocycles. The SMILES string of the molecule is C#CCCC(=O)n1cc(C2=CCN(Cc3ccccc3)CC2)c2cc(OC)c(OC)cc21. The number of ether oxygens (including phenoxy) is 2. The van der Waals surface area contributed by atoms with E-state index in [1.807, 2.05) is 24.4 Å². The van der Waals surface area contributed by atoms with Crippen molar-refractivity contribution in [3.05, 3.63) is 65.9 Å². The van der Waals surface area contributed by atoms with Gasteiger partial charge < -0.3 is 9.47 Å². The Hall–Kier alpha value is -3.49. The molecule has 0 fully saturated rings. The summed E-state index contributed by atoms with van der Waals surface area (Å²) in [6, 6.07) is 14.4. The van der Waals surface area contributed by atoms with Gasteiger partial charge in [0, 0.05) is 55.7 Å². The van der Waals surface area contributed by atoms with Gasteiger partial charge in [-0.25, -0.2) is 0 Å². The van der Waals surface area contributed by atoms with Crippen molar-refractivity contribution in [1.82, 2.24) is 9.47 Å². The van der Waals surface area contributed by atoms with Crippen LogP contribution in [-0.2, 0) is 6.54 Å². The van der Waals surface area contributed by atoms with Crippen LogP contribution >= 0.6 is 0 Å². The highest BCUT2D eigenvalue weighted by molar-refractivity contribution is 6.01. The van der Waals surface area contributed by atoms with Crippen LogP contribution in [0.15, 0.2) is 54.7 Å². The molecule has 0 unspecified atom stereocenters. The Morgan fingerprint density at radius 2 is 1.88 bits per heavy atom. The summed E-state index contributed by atoms with van der Waals surface area (Å²) >= 11 is 0. The molecule has 0 bridgehead atoms. The maximum atomic E-state index is 12.9. The summed E-state index contributed by atoms with van der Waals surface area (Å²) in [5, 5.41) is 0.986. The van der Waals surface area contributed by atoms with Gasteiger partial charge in [-0.15, -0.1) is 12.3 Å². The number of fused-ring (bicyclic) bond motifs is 1. The van der Waals surface area contributed by atoms with E-state index < -0.39 is 0 Å². The van der Waals surface area contributed by atoms with Crippen molar-refractivity contribution in [1.29, 1.82) is 0 Å². The normalized spacial score (nSPS) is 14.1. The monoisotopic (exact) mass is 428 g/mol. The molecule has 4 rings (SSSR count). The molecule has 32 heavy (non-hydrogen) atoms. The molecule has 0 N–H and O–H groups in total. The van der Waals surface area contributed by atoms with Crippen LogP contribution in [0.5, 0.6) is 11.5 Å². The number of benzene rings is 2. The van der Waals surface area contributed by atoms with E-state index >= 15 is 0 Å². The summed E-state index contributed by atoms with van der Waals surface area (Å²) in [7, 11) is 3.22. The van der Waals surface area contributed by atoms with E-state index in [9.17, 15) is 4.79 Å². The second-order valence-electron chi connectivity index (χ2n) is 7.94. The molecule has 0 atom stereocenters. The molecule has 5 heteroatoms. The lowest BCUT2D eigenvalue weighted by Crippen LogP contribution is -2.27. The lowest BCUT2D eigenvalue weighted by atomic mass is 9.98. The van der Waals surface area contributed by atoms with E-state index in [1.165, 1.54) is 11.1 Å². The van der Waals surface area contributed by atoms with E-state index in [1.54, 1.807) is 18.8 Å².